The maximum atomic E-state index is 14.5. The Labute approximate surface area is 140 Å². The zero-order valence-corrected chi connectivity index (χ0v) is 14.6. The quantitative estimate of drug-likeness (QED) is 0.477. The predicted molar refractivity (Wildman–Crippen MR) is 72.4 cm³/mol. The first-order valence-corrected chi connectivity index (χ1v) is 9.60. The third kappa shape index (κ3) is 3.17. The van der Waals surface area contributed by atoms with Gasteiger partial charge in [0.1, 0.15) is 5.38 Å². The highest BCUT2D eigenvalue weighted by Crippen LogP contribution is 2.58. The van der Waals surface area contributed by atoms with E-state index < -0.39 is 40.6 Å². The summed E-state index contributed by atoms with van der Waals surface area (Å²) in [5, 5.41) is -1.84. The summed E-state index contributed by atoms with van der Waals surface area (Å²) in [5.74, 6) is 0. The van der Waals surface area contributed by atoms with E-state index in [9.17, 15) is 29.0 Å². The van der Waals surface area contributed by atoms with Crippen LogP contribution in [0.3, 0.4) is 0 Å². The Balaban J connectivity index is 3.42. The number of hydrogen-bond acceptors (Lipinski definition) is 6. The number of unbranched alkanes of at least 4 members (excludes halogenated alkanes) is 1. The third-order valence-corrected chi connectivity index (χ3v) is 7.43. The molecule has 1 heterocycles. The molecule has 1 aliphatic rings. The second-order valence-electron chi connectivity index (χ2n) is 4.34. The van der Waals surface area contributed by atoms with E-state index >= 15 is 0 Å². The molecule has 3 atom stereocenters. The van der Waals surface area contributed by atoms with Crippen LogP contribution in [0.25, 0.3) is 0 Å². The lowest BCUT2D eigenvalue weighted by Crippen LogP contribution is -2.51. The molecule has 1 fully saturated rings. The maximum Gasteiger partial charge on any atom is 0.353 e. The van der Waals surface area contributed by atoms with Crippen LogP contribution in [-0.4, -0.2) is 37.0 Å². The van der Waals surface area contributed by atoms with Gasteiger partial charge in [0.15, 0.2) is 0 Å². The van der Waals surface area contributed by atoms with Crippen molar-refractivity contribution in [3.63, 3.8) is 0 Å². The molecule has 0 aliphatic carbocycles. The number of ether oxygens (including phenoxy) is 2. The maximum absolute atomic E-state index is 14.5. The second kappa shape index (κ2) is 6.08. The Morgan fingerprint density at radius 3 is 1.68 bits per heavy atom. The van der Waals surface area contributed by atoms with Crippen LogP contribution in [0.5, 0.6) is 0 Å². The van der Waals surface area contributed by atoms with Crippen LogP contribution in [-0.2, 0) is 29.9 Å². The monoisotopic (exact) mass is 428 g/mol. The van der Waals surface area contributed by atoms with Crippen LogP contribution in [0, 0.1) is 0 Å². The Hall–Kier alpha value is 0.480. The Morgan fingerprint density at radius 2 is 1.41 bits per heavy atom. The average Bonchev–Trinajstić information content (AvgIpc) is 2.55. The van der Waals surface area contributed by atoms with Gasteiger partial charge in [-0.2, -0.15) is 21.2 Å². The van der Waals surface area contributed by atoms with Crippen LogP contribution >= 0.6 is 34.8 Å². The molecule has 1 rings (SSSR count). The summed E-state index contributed by atoms with van der Waals surface area (Å²) in [7, 11) is -12.5. The summed E-state index contributed by atoms with van der Waals surface area (Å²) >= 11 is 15.9. The normalized spacial score (nSPS) is 38.1. The molecule has 14 heteroatoms. The molecule has 22 heavy (non-hydrogen) atoms. The number of halogens is 6. The second-order valence-corrected chi connectivity index (χ2v) is 9.29. The fourth-order valence-corrected chi connectivity index (χ4v) is 4.35. The highest BCUT2D eigenvalue weighted by atomic mass is 35.5. The summed E-state index contributed by atoms with van der Waals surface area (Å²) in [6.45, 7) is 1.70. The minimum Gasteiger partial charge on any atom is -0.278 e. The first-order valence-electron chi connectivity index (χ1n) is 5.64. The minimum absolute atomic E-state index is 0.215. The van der Waals surface area contributed by atoms with Gasteiger partial charge in [-0.05, 0) is 6.42 Å². The lowest BCUT2D eigenvalue weighted by atomic mass is 10.2. The molecule has 0 aromatic rings. The zero-order chi connectivity index (χ0) is 17.6. The molecule has 1 aliphatic heterocycles. The number of hydrogen-bond donors (Lipinski definition) is 0. The van der Waals surface area contributed by atoms with Gasteiger partial charge in [-0.3, -0.25) is 9.47 Å². The molecule has 0 aromatic carbocycles. The lowest BCUT2D eigenvalue weighted by Gasteiger charge is -2.24. The summed E-state index contributed by atoms with van der Waals surface area (Å²) in [6.07, 6.45) is 0.579. The van der Waals surface area contributed by atoms with E-state index in [1.54, 1.807) is 6.92 Å². The molecule has 0 bridgehead atoms. The highest BCUT2D eigenvalue weighted by Gasteiger charge is 2.81. The number of rotatable bonds is 6. The van der Waals surface area contributed by atoms with Gasteiger partial charge in [0.25, 0.3) is 0 Å². The number of alkyl halides is 4. The summed E-state index contributed by atoms with van der Waals surface area (Å²) in [4.78, 5) is 0. The van der Waals surface area contributed by atoms with Crippen molar-refractivity contribution in [1.29, 1.82) is 0 Å². The Bertz CT molecular complexity index is 598. The van der Waals surface area contributed by atoms with Gasteiger partial charge in [0.05, 0.1) is 0 Å². The molecule has 0 aromatic heterocycles. The summed E-state index contributed by atoms with van der Waals surface area (Å²) < 4.78 is 84.7. The average molecular weight is 430 g/mol. The minimum atomic E-state index is -6.25. The first-order chi connectivity index (χ1) is 9.65. The smallest absolute Gasteiger partial charge is 0.278 e. The van der Waals surface area contributed by atoms with Crippen molar-refractivity contribution < 1.29 is 38.5 Å². The topological polar surface area (TPSA) is 86.7 Å². The van der Waals surface area contributed by atoms with Crippen molar-refractivity contribution >= 4 is 55.2 Å². The molecule has 0 radical (unpaired) electrons. The molecule has 0 spiro atoms. The van der Waals surface area contributed by atoms with Crippen molar-refractivity contribution in [3.05, 3.63) is 0 Å². The fraction of sp³-hybridized carbons (Fsp3) is 1.00. The van der Waals surface area contributed by atoms with Gasteiger partial charge >= 0.3 is 35.3 Å². The third-order valence-electron chi connectivity index (χ3n) is 2.71. The van der Waals surface area contributed by atoms with Gasteiger partial charge in [-0.15, -0.1) is 19.4 Å². The van der Waals surface area contributed by atoms with Crippen molar-refractivity contribution in [3.8, 4) is 0 Å². The molecular formula is C8H10Cl3F3O6S2. The van der Waals surface area contributed by atoms with E-state index in [-0.39, 0.29) is 12.8 Å². The van der Waals surface area contributed by atoms with Crippen molar-refractivity contribution in [1.82, 2.24) is 0 Å². The molecular weight excluding hydrogens is 420 g/mol. The summed E-state index contributed by atoms with van der Waals surface area (Å²) in [6, 6.07) is -3.75. The van der Waals surface area contributed by atoms with Crippen LogP contribution in [0.1, 0.15) is 26.2 Å². The van der Waals surface area contributed by atoms with Gasteiger partial charge in [-0.1, -0.05) is 43.0 Å². The highest BCUT2D eigenvalue weighted by molar-refractivity contribution is 7.94. The molecule has 3 unspecified atom stereocenters. The van der Waals surface area contributed by atoms with Gasteiger partial charge in [0.2, 0.25) is 0 Å². The van der Waals surface area contributed by atoms with E-state index in [1.807, 2.05) is 0 Å². The lowest BCUT2D eigenvalue weighted by molar-refractivity contribution is -0.265. The van der Waals surface area contributed by atoms with Crippen molar-refractivity contribution in [2.75, 3.05) is 0 Å². The Morgan fingerprint density at radius 1 is 1.05 bits per heavy atom. The Kier molecular flexibility index (Phi) is 5.68. The van der Waals surface area contributed by atoms with Crippen molar-refractivity contribution in [2.45, 2.75) is 46.4 Å². The first kappa shape index (κ1) is 20.5. The van der Waals surface area contributed by atoms with Crippen LogP contribution in [0.15, 0.2) is 0 Å². The SMILES string of the molecule is CCCCC(Cl)C1(F)OC(Cl)(S(=O)(=O)F)C(Cl)(S(=O)(=O)F)O1. The van der Waals surface area contributed by atoms with Gasteiger partial charge < -0.3 is 0 Å². The molecule has 0 saturated carbocycles. The van der Waals surface area contributed by atoms with Crippen LogP contribution in [0.2, 0.25) is 0 Å². The van der Waals surface area contributed by atoms with Gasteiger partial charge in [-0.25, -0.2) is 0 Å². The van der Waals surface area contributed by atoms with E-state index in [2.05, 4.69) is 9.47 Å². The molecule has 132 valence electrons. The molecule has 6 nitrogen and oxygen atoms in total. The van der Waals surface area contributed by atoms with E-state index in [0.29, 0.717) is 6.42 Å². The largest absolute Gasteiger partial charge is 0.353 e. The van der Waals surface area contributed by atoms with E-state index in [0.717, 1.165) is 0 Å². The molecule has 0 N–H and O–H groups in total. The fourth-order valence-electron chi connectivity index (χ4n) is 1.58. The van der Waals surface area contributed by atoms with Crippen LogP contribution in [0.4, 0.5) is 12.2 Å². The van der Waals surface area contributed by atoms with Crippen LogP contribution < -0.4 is 0 Å². The van der Waals surface area contributed by atoms with Crippen molar-refractivity contribution in [2.24, 2.45) is 0 Å². The standard InChI is InChI=1S/C8H10Cl3F3O6S2/c1-2-3-4-5(9)6(12)19-7(10,21(13,15)16)8(11,20-6)22(14,17)18/h5H,2-4H2,1H3. The predicted octanol–water partition coefficient (Wildman–Crippen LogP) is 2.84. The van der Waals surface area contributed by atoms with Gasteiger partial charge in [0, 0.05) is 0 Å². The molecule has 1 saturated heterocycles. The summed E-state index contributed by atoms with van der Waals surface area (Å²) in [5.41, 5.74) is 0. The zero-order valence-electron chi connectivity index (χ0n) is 10.7. The van der Waals surface area contributed by atoms with E-state index in [4.69, 9.17) is 34.8 Å². The molecule has 0 amide bonds. The van der Waals surface area contributed by atoms with E-state index in [1.165, 1.54) is 0 Å².